The average Bonchev–Trinajstić information content (AvgIpc) is 2.82. The van der Waals surface area contributed by atoms with Gasteiger partial charge in [-0.2, -0.15) is 4.37 Å². The number of thioether (sulfide) groups is 1. The van der Waals surface area contributed by atoms with Crippen LogP contribution in [-0.4, -0.2) is 28.2 Å². The van der Waals surface area contributed by atoms with Gasteiger partial charge in [-0.25, -0.2) is 0 Å². The second kappa shape index (κ2) is 6.03. The predicted molar refractivity (Wildman–Crippen MR) is 78.4 cm³/mol. The predicted octanol–water partition coefficient (Wildman–Crippen LogP) is 2.19. The first-order chi connectivity index (χ1) is 8.63. The van der Waals surface area contributed by atoms with Crippen LogP contribution in [0, 0.1) is 0 Å². The molecular formula is C10H15N3O2S3. The molecule has 100 valence electrons. The minimum Gasteiger partial charge on any atom is -0.466 e. The van der Waals surface area contributed by atoms with Gasteiger partial charge in [-0.3, -0.25) is 4.79 Å². The van der Waals surface area contributed by atoms with Crippen LogP contribution in [0.15, 0.2) is 4.90 Å². The van der Waals surface area contributed by atoms with Crippen molar-refractivity contribution in [2.45, 2.75) is 29.4 Å². The minimum absolute atomic E-state index is 0.0281. The first kappa shape index (κ1) is 13.8. The zero-order valence-corrected chi connectivity index (χ0v) is 12.5. The van der Waals surface area contributed by atoms with E-state index in [0.29, 0.717) is 13.0 Å². The van der Waals surface area contributed by atoms with E-state index in [1.54, 1.807) is 11.8 Å². The number of hydrogen-bond acceptors (Lipinski definition) is 8. The summed E-state index contributed by atoms with van der Waals surface area (Å²) < 4.78 is 9.24. The zero-order valence-electron chi connectivity index (χ0n) is 9.96. The summed E-state index contributed by atoms with van der Waals surface area (Å²) in [4.78, 5) is 14.3. The van der Waals surface area contributed by atoms with Crippen molar-refractivity contribution in [3.8, 4) is 0 Å². The number of carbonyl (C=O) groups excluding carboxylic acids is 1. The van der Waals surface area contributed by atoms with E-state index < -0.39 is 0 Å². The molecule has 0 aliphatic carbocycles. The van der Waals surface area contributed by atoms with Crippen molar-refractivity contribution in [2.24, 2.45) is 0 Å². The number of rotatable bonds is 5. The maximum absolute atomic E-state index is 11.2. The van der Waals surface area contributed by atoms with Crippen molar-refractivity contribution in [1.29, 1.82) is 0 Å². The Morgan fingerprint density at radius 3 is 3.17 bits per heavy atom. The van der Waals surface area contributed by atoms with E-state index in [2.05, 4.69) is 21.9 Å². The fourth-order valence-electron chi connectivity index (χ4n) is 1.70. The number of nitrogen functional groups attached to an aromatic ring is 1. The topological polar surface area (TPSA) is 68.5 Å². The van der Waals surface area contributed by atoms with Gasteiger partial charge in [0, 0.05) is 13.0 Å². The van der Waals surface area contributed by atoms with Crippen LogP contribution < -0.4 is 10.6 Å². The Hall–Kier alpha value is -0.600. The van der Waals surface area contributed by atoms with Crippen LogP contribution in [0.5, 0.6) is 0 Å². The summed E-state index contributed by atoms with van der Waals surface area (Å²) in [6.07, 6.45) is 1.15. The molecule has 5 nitrogen and oxygen atoms in total. The molecule has 1 aliphatic heterocycles. The van der Waals surface area contributed by atoms with Crippen molar-refractivity contribution in [1.82, 2.24) is 4.37 Å². The van der Waals surface area contributed by atoms with Crippen molar-refractivity contribution >= 4 is 52.7 Å². The van der Waals surface area contributed by atoms with Gasteiger partial charge >= 0.3 is 5.97 Å². The lowest BCUT2D eigenvalue weighted by Crippen LogP contribution is -2.27. The summed E-state index contributed by atoms with van der Waals surface area (Å²) in [5.74, 6) is 0.740. The van der Waals surface area contributed by atoms with E-state index in [1.807, 2.05) is 6.92 Å². The molecule has 0 radical (unpaired) electrons. The molecule has 1 unspecified atom stereocenters. The number of aromatic nitrogens is 1. The second-order valence-corrected chi connectivity index (χ2v) is 6.48. The Bertz CT molecular complexity index is 438. The van der Waals surface area contributed by atoms with Crippen LogP contribution >= 0.6 is 35.9 Å². The summed E-state index contributed by atoms with van der Waals surface area (Å²) in [7, 11) is 0. The van der Waals surface area contributed by atoms with Gasteiger partial charge in [0.15, 0.2) is 5.82 Å². The summed E-state index contributed by atoms with van der Waals surface area (Å²) in [5, 5.41) is 0.738. The number of esters is 1. The number of hydrogen-bond donors (Lipinski definition) is 2. The molecule has 1 aromatic heterocycles. The third-order valence-corrected chi connectivity index (χ3v) is 5.00. The number of nitrogens with two attached hydrogens (primary N) is 1. The summed E-state index contributed by atoms with van der Waals surface area (Å²) >= 11 is 7.39. The molecule has 1 aliphatic rings. The maximum Gasteiger partial charge on any atom is 0.305 e. The average molecular weight is 305 g/mol. The summed E-state index contributed by atoms with van der Waals surface area (Å²) in [5.41, 5.74) is 5.83. The van der Waals surface area contributed by atoms with E-state index in [1.165, 1.54) is 11.5 Å². The third kappa shape index (κ3) is 2.86. The molecule has 0 spiro atoms. The molecule has 0 saturated carbocycles. The van der Waals surface area contributed by atoms with Crippen molar-refractivity contribution in [3.63, 3.8) is 0 Å². The highest BCUT2D eigenvalue weighted by molar-refractivity contribution is 8.11. The molecule has 1 aromatic rings. The molecule has 2 rings (SSSR count). The number of thiol groups is 1. The van der Waals surface area contributed by atoms with Crippen LogP contribution in [0.2, 0.25) is 0 Å². The number of carbonyl (C=O) groups is 1. The van der Waals surface area contributed by atoms with Crippen molar-refractivity contribution < 1.29 is 9.53 Å². The van der Waals surface area contributed by atoms with Gasteiger partial charge in [-0.1, -0.05) is 11.8 Å². The molecule has 0 amide bonds. The van der Waals surface area contributed by atoms with E-state index in [4.69, 9.17) is 10.5 Å². The fourth-order valence-corrected chi connectivity index (χ4v) is 4.03. The lowest BCUT2D eigenvalue weighted by Gasteiger charge is -2.20. The van der Waals surface area contributed by atoms with Gasteiger partial charge in [-0.05, 0) is 24.9 Å². The van der Waals surface area contributed by atoms with Gasteiger partial charge in [0.25, 0.3) is 0 Å². The lowest BCUT2D eigenvalue weighted by atomic mass is 10.3. The quantitative estimate of drug-likeness (QED) is 0.642. The van der Waals surface area contributed by atoms with E-state index >= 15 is 0 Å². The molecule has 0 aromatic carbocycles. The highest BCUT2D eigenvalue weighted by atomic mass is 32.2. The summed E-state index contributed by atoms with van der Waals surface area (Å²) in [6.45, 7) is 2.97. The molecular weight excluding hydrogens is 290 g/mol. The smallest absolute Gasteiger partial charge is 0.305 e. The van der Waals surface area contributed by atoms with E-state index in [9.17, 15) is 4.79 Å². The molecule has 0 bridgehead atoms. The molecule has 18 heavy (non-hydrogen) atoms. The van der Waals surface area contributed by atoms with Crippen LogP contribution in [0.25, 0.3) is 0 Å². The standard InChI is InChI=1S/C10H15N3O2S3/c1-2-15-6(14)4-3-5-13-9-7(17-10(13)16)8(11)18-12-9/h10,16H,2-5,11H2,1H3. The van der Waals surface area contributed by atoms with Crippen LogP contribution in [0.4, 0.5) is 10.8 Å². The van der Waals surface area contributed by atoms with Gasteiger partial charge < -0.3 is 15.4 Å². The molecule has 2 N–H and O–H groups in total. The first-order valence-corrected chi connectivity index (χ1v) is 7.82. The van der Waals surface area contributed by atoms with E-state index in [0.717, 1.165) is 28.7 Å². The van der Waals surface area contributed by atoms with Crippen LogP contribution in [0.1, 0.15) is 19.8 Å². The number of nitrogens with zero attached hydrogens (tertiary/aromatic N) is 2. The SMILES string of the molecule is CCOC(=O)CCCN1c2nsc(N)c2SC1S. The van der Waals surface area contributed by atoms with Gasteiger partial charge in [-0.15, -0.1) is 12.6 Å². The highest BCUT2D eigenvalue weighted by Gasteiger charge is 2.32. The van der Waals surface area contributed by atoms with Crippen LogP contribution in [0.3, 0.4) is 0 Å². The van der Waals surface area contributed by atoms with Gasteiger partial charge in [0.2, 0.25) is 0 Å². The Morgan fingerprint density at radius 2 is 2.44 bits per heavy atom. The number of anilines is 2. The Morgan fingerprint density at radius 1 is 1.67 bits per heavy atom. The minimum atomic E-state index is -0.155. The van der Waals surface area contributed by atoms with Crippen LogP contribution in [-0.2, 0) is 9.53 Å². The largest absolute Gasteiger partial charge is 0.466 e. The second-order valence-electron chi connectivity index (χ2n) is 3.75. The van der Waals surface area contributed by atoms with Gasteiger partial charge in [0.1, 0.15) is 9.71 Å². The van der Waals surface area contributed by atoms with Gasteiger partial charge in [0.05, 0.1) is 11.5 Å². The van der Waals surface area contributed by atoms with Crippen molar-refractivity contribution in [2.75, 3.05) is 23.8 Å². The fraction of sp³-hybridized carbons (Fsp3) is 0.600. The first-order valence-electron chi connectivity index (χ1n) is 5.65. The Labute approximate surface area is 120 Å². The maximum atomic E-state index is 11.2. The molecule has 2 heterocycles. The monoisotopic (exact) mass is 305 g/mol. The number of ether oxygens (including phenoxy) is 1. The normalized spacial score (nSPS) is 17.9. The number of fused-ring (bicyclic) bond motifs is 1. The van der Waals surface area contributed by atoms with E-state index in [-0.39, 0.29) is 10.7 Å². The third-order valence-electron chi connectivity index (χ3n) is 2.50. The summed E-state index contributed by atoms with van der Waals surface area (Å²) in [6, 6.07) is 0. The zero-order chi connectivity index (χ0) is 13.1. The Kier molecular flexibility index (Phi) is 4.63. The molecule has 1 atom stereocenters. The Balaban J connectivity index is 1.88. The van der Waals surface area contributed by atoms with Crippen molar-refractivity contribution in [3.05, 3.63) is 0 Å². The lowest BCUT2D eigenvalue weighted by molar-refractivity contribution is -0.143. The molecule has 8 heteroatoms. The molecule has 0 saturated heterocycles. The molecule has 0 fully saturated rings. The highest BCUT2D eigenvalue weighted by Crippen LogP contribution is 2.49.